The fraction of sp³-hybridized carbons (Fsp3) is 0.125. The van der Waals surface area contributed by atoms with Gasteiger partial charge in [0.2, 0.25) is 0 Å². The average molecular weight is 370 g/mol. The van der Waals surface area contributed by atoms with E-state index in [1.54, 1.807) is 13.3 Å². The molecule has 0 radical (unpaired) electrons. The fourth-order valence-electron chi connectivity index (χ4n) is 3.40. The summed E-state index contributed by atoms with van der Waals surface area (Å²) >= 11 is 0. The van der Waals surface area contributed by atoms with Crippen LogP contribution in [0, 0.1) is 0 Å². The van der Waals surface area contributed by atoms with E-state index < -0.39 is 6.04 Å². The predicted molar refractivity (Wildman–Crippen MR) is 112 cm³/mol. The van der Waals surface area contributed by atoms with Gasteiger partial charge in [-0.3, -0.25) is 10.1 Å². The number of benzene rings is 3. The summed E-state index contributed by atoms with van der Waals surface area (Å²) in [7, 11) is 1.65. The van der Waals surface area contributed by atoms with Crippen molar-refractivity contribution < 1.29 is 9.53 Å². The molecular weight excluding hydrogens is 348 g/mol. The van der Waals surface area contributed by atoms with E-state index in [-0.39, 0.29) is 5.78 Å². The van der Waals surface area contributed by atoms with Crippen molar-refractivity contribution in [2.24, 2.45) is 0 Å². The van der Waals surface area contributed by atoms with Crippen molar-refractivity contribution in [1.29, 1.82) is 0 Å². The fourth-order valence-corrected chi connectivity index (χ4v) is 3.40. The number of ketones is 1. The first-order valence-corrected chi connectivity index (χ1v) is 9.28. The highest BCUT2D eigenvalue weighted by atomic mass is 16.5. The lowest BCUT2D eigenvalue weighted by molar-refractivity contribution is 0.0943. The van der Waals surface area contributed by atoms with Crippen LogP contribution in [-0.2, 0) is 6.54 Å². The highest BCUT2D eigenvalue weighted by Gasteiger charge is 2.23. The minimum Gasteiger partial charge on any atom is -0.497 e. The van der Waals surface area contributed by atoms with Crippen molar-refractivity contribution in [2.45, 2.75) is 12.6 Å². The number of ether oxygens (including phenoxy) is 1. The van der Waals surface area contributed by atoms with Crippen LogP contribution < -0.4 is 10.1 Å². The molecule has 0 fully saturated rings. The number of carbonyl (C=O) groups excluding carboxylic acids is 1. The molecule has 1 heterocycles. The Morgan fingerprint density at radius 3 is 2.43 bits per heavy atom. The molecule has 28 heavy (non-hydrogen) atoms. The molecule has 0 aliphatic heterocycles. The zero-order chi connectivity index (χ0) is 19.3. The maximum atomic E-state index is 13.4. The van der Waals surface area contributed by atoms with Crippen molar-refractivity contribution in [1.82, 2.24) is 10.3 Å². The smallest absolute Gasteiger partial charge is 0.186 e. The van der Waals surface area contributed by atoms with E-state index in [1.807, 2.05) is 78.9 Å². The van der Waals surface area contributed by atoms with E-state index in [9.17, 15) is 4.79 Å². The summed E-state index contributed by atoms with van der Waals surface area (Å²) < 4.78 is 5.21. The van der Waals surface area contributed by atoms with Crippen LogP contribution in [0.2, 0.25) is 0 Å². The SMILES string of the molecule is COc1ccc(CNC(C(=O)c2c[nH]c3ccccc23)c2ccccc2)cc1. The van der Waals surface area contributed by atoms with Gasteiger partial charge in [0.25, 0.3) is 0 Å². The van der Waals surface area contributed by atoms with Crippen molar-refractivity contribution in [3.05, 3.63) is 102 Å². The number of Topliss-reactive ketones (excluding diaryl/α,β-unsaturated/α-hetero) is 1. The lowest BCUT2D eigenvalue weighted by Gasteiger charge is -2.18. The molecule has 0 amide bonds. The van der Waals surface area contributed by atoms with E-state index in [2.05, 4.69) is 10.3 Å². The van der Waals surface area contributed by atoms with Gasteiger partial charge in [-0.2, -0.15) is 0 Å². The molecule has 1 aromatic heterocycles. The Bertz CT molecular complexity index is 1070. The van der Waals surface area contributed by atoms with E-state index in [0.29, 0.717) is 12.1 Å². The number of hydrogen-bond donors (Lipinski definition) is 2. The minimum atomic E-state index is -0.428. The number of aromatic amines is 1. The second-order valence-electron chi connectivity index (χ2n) is 6.68. The van der Waals surface area contributed by atoms with Crippen molar-refractivity contribution in [2.75, 3.05) is 7.11 Å². The van der Waals surface area contributed by atoms with Gasteiger partial charge in [-0.15, -0.1) is 0 Å². The molecule has 0 bridgehead atoms. The lowest BCUT2D eigenvalue weighted by atomic mass is 9.96. The largest absolute Gasteiger partial charge is 0.497 e. The maximum absolute atomic E-state index is 13.4. The number of methoxy groups -OCH3 is 1. The number of nitrogens with one attached hydrogen (secondary N) is 2. The van der Waals surface area contributed by atoms with Crippen LogP contribution in [0.4, 0.5) is 0 Å². The maximum Gasteiger partial charge on any atom is 0.186 e. The van der Waals surface area contributed by atoms with Crippen molar-refractivity contribution in [3.8, 4) is 5.75 Å². The summed E-state index contributed by atoms with van der Waals surface area (Å²) in [6, 6.07) is 25.2. The average Bonchev–Trinajstić information content (AvgIpc) is 3.19. The third-order valence-corrected chi connectivity index (χ3v) is 4.92. The third-order valence-electron chi connectivity index (χ3n) is 4.92. The van der Waals surface area contributed by atoms with Crippen molar-refractivity contribution in [3.63, 3.8) is 0 Å². The number of para-hydroxylation sites is 1. The van der Waals surface area contributed by atoms with Gasteiger partial charge in [0.05, 0.1) is 13.2 Å². The minimum absolute atomic E-state index is 0.0529. The van der Waals surface area contributed by atoms with Crippen LogP contribution in [0.3, 0.4) is 0 Å². The van der Waals surface area contributed by atoms with Crippen LogP contribution in [0.5, 0.6) is 5.75 Å². The summed E-state index contributed by atoms with van der Waals surface area (Å²) in [5.74, 6) is 0.871. The second-order valence-corrected chi connectivity index (χ2v) is 6.68. The Labute approximate surface area is 164 Å². The molecule has 2 N–H and O–H groups in total. The van der Waals surface area contributed by atoms with Gasteiger partial charge in [0.15, 0.2) is 5.78 Å². The van der Waals surface area contributed by atoms with E-state index in [4.69, 9.17) is 4.74 Å². The Hall–Kier alpha value is -3.37. The molecule has 1 unspecified atom stereocenters. The molecule has 4 heteroatoms. The third kappa shape index (κ3) is 3.68. The van der Waals surface area contributed by atoms with E-state index >= 15 is 0 Å². The molecule has 140 valence electrons. The molecule has 0 spiro atoms. The van der Waals surface area contributed by atoms with E-state index in [1.165, 1.54) is 0 Å². The van der Waals surface area contributed by atoms with Gasteiger partial charge in [0, 0.05) is 29.2 Å². The van der Waals surface area contributed by atoms with Gasteiger partial charge in [-0.1, -0.05) is 60.7 Å². The monoisotopic (exact) mass is 370 g/mol. The summed E-state index contributed by atoms with van der Waals surface area (Å²) in [6.45, 7) is 0.581. The van der Waals surface area contributed by atoms with Crippen LogP contribution in [-0.4, -0.2) is 17.9 Å². The van der Waals surface area contributed by atoms with Gasteiger partial charge >= 0.3 is 0 Å². The molecule has 0 aliphatic carbocycles. The highest BCUT2D eigenvalue weighted by molar-refractivity contribution is 6.10. The van der Waals surface area contributed by atoms with Crippen LogP contribution in [0.1, 0.15) is 27.5 Å². The first-order chi connectivity index (χ1) is 13.8. The van der Waals surface area contributed by atoms with Gasteiger partial charge in [-0.25, -0.2) is 0 Å². The van der Waals surface area contributed by atoms with Crippen LogP contribution in [0.15, 0.2) is 85.1 Å². The molecule has 0 aliphatic rings. The zero-order valence-corrected chi connectivity index (χ0v) is 15.7. The first kappa shape index (κ1) is 18.0. The van der Waals surface area contributed by atoms with Crippen LogP contribution >= 0.6 is 0 Å². The molecule has 3 aromatic carbocycles. The molecule has 4 rings (SSSR count). The Morgan fingerprint density at radius 2 is 1.68 bits per heavy atom. The van der Waals surface area contributed by atoms with Crippen molar-refractivity contribution >= 4 is 16.7 Å². The molecule has 4 nitrogen and oxygen atoms in total. The Kier molecular flexibility index (Phi) is 5.22. The topological polar surface area (TPSA) is 54.1 Å². The van der Waals surface area contributed by atoms with Gasteiger partial charge < -0.3 is 9.72 Å². The summed E-state index contributed by atoms with van der Waals surface area (Å²) in [5.41, 5.74) is 3.71. The quantitative estimate of drug-likeness (QED) is 0.455. The van der Waals surface area contributed by atoms with Crippen LogP contribution in [0.25, 0.3) is 10.9 Å². The summed E-state index contributed by atoms with van der Waals surface area (Å²) in [5, 5.41) is 4.38. The summed E-state index contributed by atoms with van der Waals surface area (Å²) in [4.78, 5) is 16.6. The number of aromatic nitrogens is 1. The predicted octanol–water partition coefficient (Wildman–Crippen LogP) is 4.89. The molecule has 1 atom stereocenters. The molecule has 4 aromatic rings. The van der Waals surface area contributed by atoms with Gasteiger partial charge in [0.1, 0.15) is 5.75 Å². The highest BCUT2D eigenvalue weighted by Crippen LogP contribution is 2.25. The Morgan fingerprint density at radius 1 is 0.964 bits per heavy atom. The normalized spacial score (nSPS) is 12.0. The number of carbonyl (C=O) groups is 1. The molecule has 0 saturated heterocycles. The number of hydrogen-bond acceptors (Lipinski definition) is 3. The number of fused-ring (bicyclic) bond motifs is 1. The summed E-state index contributed by atoms with van der Waals surface area (Å²) in [6.07, 6.45) is 1.80. The number of H-pyrrole nitrogens is 1. The lowest BCUT2D eigenvalue weighted by Crippen LogP contribution is -2.28. The first-order valence-electron chi connectivity index (χ1n) is 9.28. The molecular formula is C24H22N2O2. The van der Waals surface area contributed by atoms with Gasteiger partial charge in [-0.05, 0) is 29.3 Å². The number of rotatable bonds is 7. The Balaban J connectivity index is 1.62. The molecule has 0 saturated carbocycles. The zero-order valence-electron chi connectivity index (χ0n) is 15.7. The standard InChI is InChI=1S/C24H22N2O2/c1-28-19-13-11-17(12-14-19)15-26-23(18-7-3-2-4-8-18)24(27)21-16-25-22-10-6-5-9-20(21)22/h2-14,16,23,25-26H,15H2,1H3. The van der Waals surface area contributed by atoms with E-state index in [0.717, 1.165) is 27.8 Å². The second kappa shape index (κ2) is 8.11.